The Morgan fingerprint density at radius 1 is 1.19 bits per heavy atom. The van der Waals surface area contributed by atoms with Gasteiger partial charge < -0.3 is 15.0 Å². The summed E-state index contributed by atoms with van der Waals surface area (Å²) in [6, 6.07) is 13.1. The van der Waals surface area contributed by atoms with Crippen molar-refractivity contribution in [1.29, 1.82) is 0 Å². The van der Waals surface area contributed by atoms with Gasteiger partial charge in [-0.2, -0.15) is 0 Å². The summed E-state index contributed by atoms with van der Waals surface area (Å²) in [7, 11) is 0. The number of carbonyl (C=O) groups is 2. The van der Waals surface area contributed by atoms with Gasteiger partial charge >= 0.3 is 0 Å². The van der Waals surface area contributed by atoms with E-state index in [9.17, 15) is 9.59 Å². The van der Waals surface area contributed by atoms with Crippen LogP contribution in [0.1, 0.15) is 18.4 Å². The van der Waals surface area contributed by atoms with Crippen LogP contribution in [0.4, 0.5) is 0 Å². The fourth-order valence-electron chi connectivity index (χ4n) is 3.84. The maximum Gasteiger partial charge on any atom is 0.260 e. The van der Waals surface area contributed by atoms with Crippen molar-refractivity contribution in [3.63, 3.8) is 0 Å². The van der Waals surface area contributed by atoms with Gasteiger partial charge in [0.1, 0.15) is 5.75 Å². The van der Waals surface area contributed by atoms with E-state index in [0.29, 0.717) is 25.4 Å². The molecule has 0 bridgehead atoms. The van der Waals surface area contributed by atoms with Gasteiger partial charge in [-0.25, -0.2) is 0 Å². The van der Waals surface area contributed by atoms with Crippen LogP contribution in [-0.4, -0.2) is 41.4 Å². The van der Waals surface area contributed by atoms with E-state index < -0.39 is 0 Å². The topological polar surface area (TPSA) is 71.5 Å². The molecule has 1 spiro atoms. The Bertz CT molecular complexity index is 756. The minimum Gasteiger partial charge on any atom is -0.484 e. The molecule has 4 rings (SSSR count). The number of hydrogen-bond donors (Lipinski definition) is 1. The molecule has 0 unspecified atom stereocenters. The maximum absolute atomic E-state index is 12.5. The summed E-state index contributed by atoms with van der Waals surface area (Å²) < 4.78 is 5.56. The quantitative estimate of drug-likeness (QED) is 0.850. The molecule has 2 aromatic rings. The van der Waals surface area contributed by atoms with Crippen LogP contribution in [0.15, 0.2) is 54.9 Å². The second kappa shape index (κ2) is 7.39. The third-order valence-electron chi connectivity index (χ3n) is 5.57. The van der Waals surface area contributed by atoms with E-state index in [1.807, 2.05) is 47.4 Å². The molecule has 0 radical (unpaired) electrons. The van der Waals surface area contributed by atoms with E-state index in [4.69, 9.17) is 4.74 Å². The van der Waals surface area contributed by atoms with Gasteiger partial charge in [-0.3, -0.25) is 14.6 Å². The van der Waals surface area contributed by atoms with Gasteiger partial charge in [0.2, 0.25) is 5.91 Å². The second-order valence-corrected chi connectivity index (χ2v) is 7.36. The van der Waals surface area contributed by atoms with Crippen LogP contribution >= 0.6 is 0 Å². The molecule has 2 fully saturated rings. The summed E-state index contributed by atoms with van der Waals surface area (Å²) in [4.78, 5) is 30.7. The van der Waals surface area contributed by atoms with Gasteiger partial charge in [0.25, 0.3) is 5.91 Å². The van der Waals surface area contributed by atoms with Gasteiger partial charge in [-0.1, -0.05) is 18.2 Å². The highest BCUT2D eigenvalue weighted by molar-refractivity contribution is 5.84. The molecule has 1 N–H and O–H groups in total. The zero-order valence-corrected chi connectivity index (χ0v) is 15.1. The maximum atomic E-state index is 12.5. The number of carbonyl (C=O) groups excluding carboxylic acids is 2. The Balaban J connectivity index is 1.24. The molecule has 6 heteroatoms. The number of nitrogens with zero attached hydrogens (tertiary/aromatic N) is 2. The Morgan fingerprint density at radius 2 is 1.96 bits per heavy atom. The lowest BCUT2D eigenvalue weighted by molar-refractivity contribution is -0.132. The first-order valence-electron chi connectivity index (χ1n) is 9.29. The molecule has 1 aliphatic heterocycles. The average Bonchev–Trinajstić information content (AvgIpc) is 3.25. The molecule has 27 heavy (non-hydrogen) atoms. The molecular weight excluding hydrogens is 342 g/mol. The summed E-state index contributed by atoms with van der Waals surface area (Å²) in [5.41, 5.74) is 0.999. The van der Waals surface area contributed by atoms with Crippen LogP contribution in [-0.2, 0) is 16.1 Å². The lowest BCUT2D eigenvalue weighted by Gasteiger charge is -2.17. The third-order valence-corrected chi connectivity index (χ3v) is 5.57. The predicted molar refractivity (Wildman–Crippen MR) is 99.8 cm³/mol. The van der Waals surface area contributed by atoms with Crippen LogP contribution in [0.5, 0.6) is 5.75 Å². The number of likely N-dealkylation sites (tertiary alicyclic amines) is 1. The summed E-state index contributed by atoms with van der Waals surface area (Å²) in [6.07, 6.45) is 5.19. The van der Waals surface area contributed by atoms with Gasteiger partial charge in [-0.05, 0) is 42.7 Å². The van der Waals surface area contributed by atoms with Crippen LogP contribution in [0.25, 0.3) is 0 Å². The fraction of sp³-hybridized carbons (Fsp3) is 0.381. The van der Waals surface area contributed by atoms with Crippen molar-refractivity contribution in [3.8, 4) is 5.75 Å². The van der Waals surface area contributed by atoms with E-state index >= 15 is 0 Å². The average molecular weight is 365 g/mol. The van der Waals surface area contributed by atoms with Crippen molar-refractivity contribution in [2.45, 2.75) is 19.4 Å². The lowest BCUT2D eigenvalue weighted by atomic mass is 10.0. The van der Waals surface area contributed by atoms with Gasteiger partial charge in [0.15, 0.2) is 6.61 Å². The number of aromatic nitrogens is 1. The van der Waals surface area contributed by atoms with Crippen molar-refractivity contribution in [2.75, 3.05) is 19.7 Å². The van der Waals surface area contributed by atoms with Crippen molar-refractivity contribution in [2.24, 2.45) is 11.3 Å². The summed E-state index contributed by atoms with van der Waals surface area (Å²) in [5, 5.41) is 3.01. The van der Waals surface area contributed by atoms with Crippen molar-refractivity contribution in [3.05, 3.63) is 60.4 Å². The Kier molecular flexibility index (Phi) is 4.79. The van der Waals surface area contributed by atoms with Gasteiger partial charge in [0.05, 0.1) is 0 Å². The molecule has 2 heterocycles. The number of nitrogens with one attached hydrogen (secondary N) is 1. The Labute approximate surface area is 158 Å². The number of para-hydroxylation sites is 1. The highest BCUT2D eigenvalue weighted by atomic mass is 16.5. The smallest absolute Gasteiger partial charge is 0.260 e. The highest BCUT2D eigenvalue weighted by Crippen LogP contribution is 2.58. The molecule has 6 nitrogen and oxygen atoms in total. The first kappa shape index (κ1) is 17.5. The van der Waals surface area contributed by atoms with Gasteiger partial charge in [0, 0.05) is 43.4 Å². The summed E-state index contributed by atoms with van der Waals surface area (Å²) in [6.45, 7) is 1.91. The molecule has 2 amide bonds. The molecule has 2 aliphatic rings. The summed E-state index contributed by atoms with van der Waals surface area (Å²) >= 11 is 0. The SMILES string of the molecule is O=C(NCc1ccncc1)[C@H]1C[C@]12CCN(C(=O)COc1ccccc1)C2. The van der Waals surface area contributed by atoms with E-state index in [0.717, 1.165) is 18.4 Å². The number of amides is 2. The van der Waals surface area contributed by atoms with E-state index in [2.05, 4.69) is 10.3 Å². The third kappa shape index (κ3) is 3.94. The van der Waals surface area contributed by atoms with Crippen LogP contribution in [0.2, 0.25) is 0 Å². The van der Waals surface area contributed by atoms with Crippen LogP contribution in [0, 0.1) is 11.3 Å². The number of ether oxygens (including phenoxy) is 1. The molecule has 140 valence electrons. The van der Waals surface area contributed by atoms with Crippen LogP contribution in [0.3, 0.4) is 0 Å². The molecule has 1 aromatic carbocycles. The largest absolute Gasteiger partial charge is 0.484 e. The molecule has 2 atom stereocenters. The van der Waals surface area contributed by atoms with Crippen molar-refractivity contribution >= 4 is 11.8 Å². The second-order valence-electron chi connectivity index (χ2n) is 7.36. The number of hydrogen-bond acceptors (Lipinski definition) is 4. The number of rotatable bonds is 6. The molecule has 1 aliphatic carbocycles. The van der Waals surface area contributed by atoms with Crippen molar-refractivity contribution in [1.82, 2.24) is 15.2 Å². The predicted octanol–water partition coefficient (Wildman–Crippen LogP) is 2.02. The van der Waals surface area contributed by atoms with Gasteiger partial charge in [-0.15, -0.1) is 0 Å². The first-order chi connectivity index (χ1) is 13.2. The van der Waals surface area contributed by atoms with Crippen LogP contribution < -0.4 is 10.1 Å². The highest BCUT2D eigenvalue weighted by Gasteiger charge is 2.61. The molecule has 1 saturated carbocycles. The minimum absolute atomic E-state index is 0.00665. The lowest BCUT2D eigenvalue weighted by Crippen LogP contribution is -2.34. The zero-order valence-electron chi connectivity index (χ0n) is 15.1. The van der Waals surface area contributed by atoms with E-state index in [1.165, 1.54) is 0 Å². The fourth-order valence-corrected chi connectivity index (χ4v) is 3.84. The van der Waals surface area contributed by atoms with E-state index in [-0.39, 0.29) is 29.8 Å². The molecule has 1 saturated heterocycles. The monoisotopic (exact) mass is 365 g/mol. The summed E-state index contributed by atoms with van der Waals surface area (Å²) in [5.74, 6) is 0.770. The van der Waals surface area contributed by atoms with Crippen molar-refractivity contribution < 1.29 is 14.3 Å². The minimum atomic E-state index is -0.0370. The Hall–Kier alpha value is -2.89. The Morgan fingerprint density at radius 3 is 2.74 bits per heavy atom. The number of benzene rings is 1. The standard InChI is InChI=1S/C21H23N3O3/c25-19(14-27-17-4-2-1-3-5-17)24-11-8-21(15-24)12-18(21)20(26)23-13-16-6-9-22-10-7-16/h1-7,9-10,18H,8,11-15H2,(H,23,26)/t18-,21+/m1/s1. The molecular formula is C21H23N3O3. The normalized spacial score (nSPS) is 23.3. The zero-order chi connectivity index (χ0) is 18.7. The molecule has 1 aromatic heterocycles. The van der Waals surface area contributed by atoms with E-state index in [1.54, 1.807) is 12.4 Å². The number of pyridine rings is 1. The first-order valence-corrected chi connectivity index (χ1v) is 9.29.